The SMILES string of the molecule is CCCC#Cc1ccc(S(=O)(=O)Cl)cc1[N+](=O)[O-]. The average molecular weight is 288 g/mol. The molecule has 0 radical (unpaired) electrons. The molecular formula is C11H10ClNO4S. The number of nitro groups is 1. The van der Waals surface area contributed by atoms with E-state index in [1.807, 2.05) is 6.92 Å². The summed E-state index contributed by atoms with van der Waals surface area (Å²) < 4.78 is 22.2. The van der Waals surface area contributed by atoms with Crippen molar-refractivity contribution >= 4 is 25.4 Å². The number of nitrogens with zero attached hydrogens (tertiary/aromatic N) is 1. The largest absolute Gasteiger partial charge is 0.286 e. The van der Waals surface area contributed by atoms with Gasteiger partial charge in [-0.1, -0.05) is 18.8 Å². The maximum absolute atomic E-state index is 11.1. The van der Waals surface area contributed by atoms with E-state index >= 15 is 0 Å². The molecule has 0 fully saturated rings. The highest BCUT2D eigenvalue weighted by Gasteiger charge is 2.18. The standard InChI is InChI=1S/C11H10ClNO4S/c1-2-3-4-5-9-6-7-10(18(12,16)17)8-11(9)13(14)15/h6-8H,2-3H2,1H3. The van der Waals surface area contributed by atoms with Crippen molar-refractivity contribution < 1.29 is 13.3 Å². The summed E-state index contributed by atoms with van der Waals surface area (Å²) in [6.07, 6.45) is 1.46. The van der Waals surface area contributed by atoms with Crippen molar-refractivity contribution in [2.45, 2.75) is 24.7 Å². The van der Waals surface area contributed by atoms with Gasteiger partial charge in [-0.3, -0.25) is 10.1 Å². The van der Waals surface area contributed by atoms with Crippen molar-refractivity contribution in [3.8, 4) is 11.8 Å². The van der Waals surface area contributed by atoms with Gasteiger partial charge >= 0.3 is 0 Å². The summed E-state index contributed by atoms with van der Waals surface area (Å²) in [5, 5.41) is 10.8. The molecular weight excluding hydrogens is 278 g/mol. The van der Waals surface area contributed by atoms with Gasteiger partial charge in [0, 0.05) is 23.2 Å². The highest BCUT2D eigenvalue weighted by molar-refractivity contribution is 8.13. The van der Waals surface area contributed by atoms with Crippen LogP contribution in [0.4, 0.5) is 5.69 Å². The number of unbranched alkanes of at least 4 members (excludes halogenated alkanes) is 1. The van der Waals surface area contributed by atoms with Crippen LogP contribution < -0.4 is 0 Å². The van der Waals surface area contributed by atoms with Gasteiger partial charge in [-0.25, -0.2) is 8.42 Å². The van der Waals surface area contributed by atoms with Crippen molar-refractivity contribution in [1.82, 2.24) is 0 Å². The van der Waals surface area contributed by atoms with Crippen LogP contribution in [0.15, 0.2) is 23.1 Å². The second-order valence-corrected chi connectivity index (χ2v) is 5.99. The smallest absolute Gasteiger partial charge is 0.258 e. The van der Waals surface area contributed by atoms with E-state index in [9.17, 15) is 18.5 Å². The summed E-state index contributed by atoms with van der Waals surface area (Å²) in [5.41, 5.74) is -0.183. The summed E-state index contributed by atoms with van der Waals surface area (Å²) in [6.45, 7) is 1.94. The van der Waals surface area contributed by atoms with Crippen LogP contribution in [0.3, 0.4) is 0 Å². The zero-order valence-electron chi connectivity index (χ0n) is 9.51. The first-order valence-corrected chi connectivity index (χ1v) is 7.39. The molecule has 96 valence electrons. The molecule has 0 spiro atoms. The van der Waals surface area contributed by atoms with E-state index in [4.69, 9.17) is 10.7 Å². The van der Waals surface area contributed by atoms with Gasteiger partial charge in [-0.15, -0.1) is 0 Å². The highest BCUT2D eigenvalue weighted by atomic mass is 35.7. The van der Waals surface area contributed by atoms with Gasteiger partial charge in [0.15, 0.2) is 0 Å². The minimum Gasteiger partial charge on any atom is -0.258 e. The molecule has 0 aromatic heterocycles. The van der Waals surface area contributed by atoms with Crippen LogP contribution in [0.2, 0.25) is 0 Å². The summed E-state index contributed by atoms with van der Waals surface area (Å²) in [7, 11) is 1.15. The number of hydrogen-bond donors (Lipinski definition) is 0. The second kappa shape index (κ2) is 5.85. The first-order chi connectivity index (χ1) is 8.36. The van der Waals surface area contributed by atoms with Crippen LogP contribution in [-0.4, -0.2) is 13.3 Å². The van der Waals surface area contributed by atoms with E-state index in [2.05, 4.69) is 11.8 Å². The van der Waals surface area contributed by atoms with Crippen LogP contribution in [-0.2, 0) is 9.05 Å². The Morgan fingerprint density at radius 2 is 2.11 bits per heavy atom. The number of halogens is 1. The molecule has 0 bridgehead atoms. The molecule has 0 saturated heterocycles. The zero-order chi connectivity index (χ0) is 13.8. The Hall–Kier alpha value is -1.58. The Morgan fingerprint density at radius 3 is 2.61 bits per heavy atom. The van der Waals surface area contributed by atoms with Crippen LogP contribution in [0.5, 0.6) is 0 Å². The average Bonchev–Trinajstić information content (AvgIpc) is 2.28. The van der Waals surface area contributed by atoms with Gasteiger partial charge in [0.1, 0.15) is 5.56 Å². The van der Waals surface area contributed by atoms with E-state index in [0.717, 1.165) is 12.5 Å². The molecule has 0 amide bonds. The maximum Gasteiger partial charge on any atom is 0.286 e. The monoisotopic (exact) mass is 287 g/mol. The van der Waals surface area contributed by atoms with E-state index in [-0.39, 0.29) is 16.1 Å². The van der Waals surface area contributed by atoms with E-state index in [1.54, 1.807) is 0 Å². The predicted octanol–water partition coefficient (Wildman–Crippen LogP) is 2.67. The molecule has 7 heteroatoms. The molecule has 0 aliphatic carbocycles. The fourth-order valence-corrected chi connectivity index (χ4v) is 1.97. The van der Waals surface area contributed by atoms with Crippen molar-refractivity contribution in [2.24, 2.45) is 0 Å². The van der Waals surface area contributed by atoms with Crippen molar-refractivity contribution in [1.29, 1.82) is 0 Å². The third-order valence-electron chi connectivity index (χ3n) is 2.05. The van der Waals surface area contributed by atoms with E-state index in [0.29, 0.717) is 6.42 Å². The Balaban J connectivity index is 3.31. The lowest BCUT2D eigenvalue weighted by molar-refractivity contribution is -0.385. The number of rotatable bonds is 3. The molecule has 0 saturated carbocycles. The lowest BCUT2D eigenvalue weighted by atomic mass is 10.2. The Bertz CT molecular complexity index is 628. The maximum atomic E-state index is 11.1. The predicted molar refractivity (Wildman–Crippen MR) is 67.9 cm³/mol. The molecule has 0 heterocycles. The van der Waals surface area contributed by atoms with Crippen molar-refractivity contribution in [2.75, 3.05) is 0 Å². The van der Waals surface area contributed by atoms with E-state index in [1.165, 1.54) is 12.1 Å². The van der Waals surface area contributed by atoms with Crippen LogP contribution in [0.1, 0.15) is 25.3 Å². The minimum atomic E-state index is -3.98. The molecule has 0 aliphatic heterocycles. The molecule has 1 aromatic carbocycles. The summed E-state index contributed by atoms with van der Waals surface area (Å²) in [5.74, 6) is 5.41. The third-order valence-corrected chi connectivity index (χ3v) is 3.40. The molecule has 0 N–H and O–H groups in total. The van der Waals surface area contributed by atoms with Gasteiger partial charge in [-0.05, 0) is 18.6 Å². The lowest BCUT2D eigenvalue weighted by Crippen LogP contribution is -1.97. The summed E-state index contributed by atoms with van der Waals surface area (Å²) in [6, 6.07) is 3.40. The topological polar surface area (TPSA) is 77.3 Å². The van der Waals surface area contributed by atoms with Gasteiger partial charge in [0.25, 0.3) is 14.7 Å². The highest BCUT2D eigenvalue weighted by Crippen LogP contribution is 2.24. The number of nitro benzene ring substituents is 1. The quantitative estimate of drug-likeness (QED) is 0.371. The lowest BCUT2D eigenvalue weighted by Gasteiger charge is -1.98. The number of hydrogen-bond acceptors (Lipinski definition) is 4. The van der Waals surface area contributed by atoms with Gasteiger partial charge in [-0.2, -0.15) is 0 Å². The molecule has 0 unspecified atom stereocenters. The number of benzene rings is 1. The molecule has 0 aliphatic rings. The molecule has 0 atom stereocenters. The molecule has 1 rings (SSSR count). The Labute approximate surface area is 109 Å². The van der Waals surface area contributed by atoms with Crippen LogP contribution >= 0.6 is 10.7 Å². The van der Waals surface area contributed by atoms with E-state index < -0.39 is 14.0 Å². The molecule has 5 nitrogen and oxygen atoms in total. The minimum absolute atomic E-state index is 0.178. The second-order valence-electron chi connectivity index (χ2n) is 3.43. The normalized spacial score (nSPS) is 10.6. The first-order valence-electron chi connectivity index (χ1n) is 5.08. The summed E-state index contributed by atoms with van der Waals surface area (Å²) in [4.78, 5) is 9.85. The fourth-order valence-electron chi connectivity index (χ4n) is 1.20. The van der Waals surface area contributed by atoms with Crippen molar-refractivity contribution in [3.05, 3.63) is 33.9 Å². The Morgan fingerprint density at radius 1 is 1.44 bits per heavy atom. The van der Waals surface area contributed by atoms with Crippen molar-refractivity contribution in [3.63, 3.8) is 0 Å². The van der Waals surface area contributed by atoms with Gasteiger partial charge in [0.2, 0.25) is 0 Å². The molecule has 1 aromatic rings. The first kappa shape index (κ1) is 14.5. The third kappa shape index (κ3) is 3.72. The summed E-state index contributed by atoms with van der Waals surface area (Å²) >= 11 is 0. The fraction of sp³-hybridized carbons (Fsp3) is 0.273. The zero-order valence-corrected chi connectivity index (χ0v) is 11.1. The van der Waals surface area contributed by atoms with Gasteiger partial charge in [0.05, 0.1) is 9.82 Å². The van der Waals surface area contributed by atoms with Crippen LogP contribution in [0, 0.1) is 22.0 Å². The van der Waals surface area contributed by atoms with Crippen LogP contribution in [0.25, 0.3) is 0 Å². The van der Waals surface area contributed by atoms with Gasteiger partial charge < -0.3 is 0 Å². The molecule has 18 heavy (non-hydrogen) atoms. The Kier molecular flexibility index (Phi) is 4.70.